The Bertz CT molecular complexity index is 433. The molecule has 0 fully saturated rings. The van der Waals surface area contributed by atoms with Gasteiger partial charge in [0.05, 0.1) is 12.8 Å². The Morgan fingerprint density at radius 1 is 1.59 bits per heavy atom. The molecule has 0 atom stereocenters. The van der Waals surface area contributed by atoms with E-state index < -0.39 is 5.97 Å². The molecule has 0 saturated heterocycles. The van der Waals surface area contributed by atoms with Crippen molar-refractivity contribution in [2.24, 2.45) is 4.99 Å². The highest BCUT2D eigenvalue weighted by molar-refractivity contribution is 5.99. The summed E-state index contributed by atoms with van der Waals surface area (Å²) in [7, 11) is 1.66. The number of hydrogen-bond donors (Lipinski definition) is 0. The van der Waals surface area contributed by atoms with Crippen LogP contribution in [0.5, 0.6) is 0 Å². The topological polar surface area (TPSA) is 56.5 Å². The molecule has 0 aliphatic rings. The van der Waals surface area contributed by atoms with Gasteiger partial charge in [0, 0.05) is 7.05 Å². The van der Waals surface area contributed by atoms with E-state index in [4.69, 9.17) is 4.74 Å². The Morgan fingerprint density at radius 3 is 2.94 bits per heavy atom. The molecule has 0 spiro atoms. The van der Waals surface area contributed by atoms with Crippen LogP contribution in [0.15, 0.2) is 29.4 Å². The predicted octanol–water partition coefficient (Wildman–Crippen LogP) is 1.90. The lowest BCUT2D eigenvalue weighted by molar-refractivity contribution is 0.0516. The molecule has 0 N–H and O–H groups in total. The maximum absolute atomic E-state index is 11.7. The highest BCUT2D eigenvalue weighted by Gasteiger charge is 2.14. The van der Waals surface area contributed by atoms with Crippen LogP contribution in [0, 0.1) is 0 Å². The van der Waals surface area contributed by atoms with E-state index in [1.165, 1.54) is 4.68 Å². The Balaban J connectivity index is 3.02. The summed E-state index contributed by atoms with van der Waals surface area (Å²) >= 11 is 0. The number of hydrogen-bond acceptors (Lipinski definition) is 4. The van der Waals surface area contributed by atoms with Gasteiger partial charge in [-0.25, -0.2) is 9.48 Å². The minimum absolute atomic E-state index is 0.341. The smallest absolute Gasteiger partial charge is 0.357 e. The van der Waals surface area contributed by atoms with Gasteiger partial charge in [-0.2, -0.15) is 5.10 Å². The van der Waals surface area contributed by atoms with Crippen molar-refractivity contribution in [2.45, 2.75) is 20.3 Å². The van der Waals surface area contributed by atoms with Gasteiger partial charge in [0.25, 0.3) is 0 Å². The summed E-state index contributed by atoms with van der Waals surface area (Å²) in [6.07, 6.45) is 6.24. The SMILES string of the molecule is CC/C=C\C(=NC)n1nccc1C(=O)OCC. The summed E-state index contributed by atoms with van der Waals surface area (Å²) in [5.74, 6) is 0.218. The Hall–Kier alpha value is -1.91. The molecule has 0 bridgehead atoms. The second-order valence-electron chi connectivity index (χ2n) is 3.24. The van der Waals surface area contributed by atoms with Gasteiger partial charge in [0.1, 0.15) is 5.84 Å². The summed E-state index contributed by atoms with van der Waals surface area (Å²) in [5, 5.41) is 4.08. The van der Waals surface area contributed by atoms with Gasteiger partial charge in [-0.15, -0.1) is 0 Å². The van der Waals surface area contributed by atoms with Crippen LogP contribution in [0.2, 0.25) is 0 Å². The lowest BCUT2D eigenvalue weighted by atomic mass is 10.3. The van der Waals surface area contributed by atoms with E-state index in [-0.39, 0.29) is 0 Å². The second kappa shape index (κ2) is 6.62. The first-order valence-corrected chi connectivity index (χ1v) is 5.59. The molecule has 0 aliphatic carbocycles. The first-order valence-electron chi connectivity index (χ1n) is 5.59. The molecule has 1 heterocycles. The standard InChI is InChI=1S/C12H17N3O2/c1-4-6-7-11(13-3)15-10(8-9-14-15)12(16)17-5-2/h6-9H,4-5H2,1-3H3/b7-6-,13-11?. The van der Waals surface area contributed by atoms with E-state index >= 15 is 0 Å². The van der Waals surface area contributed by atoms with Crippen molar-refractivity contribution < 1.29 is 9.53 Å². The van der Waals surface area contributed by atoms with Gasteiger partial charge >= 0.3 is 5.97 Å². The van der Waals surface area contributed by atoms with Crippen molar-refractivity contribution in [1.29, 1.82) is 0 Å². The van der Waals surface area contributed by atoms with Crippen LogP contribution < -0.4 is 0 Å². The lowest BCUT2D eigenvalue weighted by Gasteiger charge is -2.06. The summed E-state index contributed by atoms with van der Waals surface area (Å²) in [4.78, 5) is 15.8. The van der Waals surface area contributed by atoms with Crippen LogP contribution in [-0.2, 0) is 4.74 Å². The third-order valence-corrected chi connectivity index (χ3v) is 2.08. The molecule has 5 nitrogen and oxygen atoms in total. The number of esters is 1. The Morgan fingerprint density at radius 2 is 2.35 bits per heavy atom. The van der Waals surface area contributed by atoms with Crippen LogP contribution >= 0.6 is 0 Å². The molecule has 0 aliphatic heterocycles. The van der Waals surface area contributed by atoms with Gasteiger partial charge in [-0.1, -0.05) is 13.0 Å². The molecule has 1 aromatic rings. The van der Waals surface area contributed by atoms with Crippen LogP contribution in [0.3, 0.4) is 0 Å². The van der Waals surface area contributed by atoms with Crippen molar-refractivity contribution in [3.63, 3.8) is 0 Å². The zero-order chi connectivity index (χ0) is 12.7. The molecule has 0 unspecified atom stereocenters. The van der Waals surface area contributed by atoms with Crippen LogP contribution in [0.25, 0.3) is 0 Å². The van der Waals surface area contributed by atoms with Crippen molar-refractivity contribution in [3.05, 3.63) is 30.1 Å². The fraction of sp³-hybridized carbons (Fsp3) is 0.417. The summed E-state index contributed by atoms with van der Waals surface area (Å²) in [6, 6.07) is 1.61. The van der Waals surface area contributed by atoms with Crippen molar-refractivity contribution >= 4 is 11.8 Å². The van der Waals surface area contributed by atoms with Crippen molar-refractivity contribution in [1.82, 2.24) is 9.78 Å². The number of aromatic nitrogens is 2. The molecule has 5 heteroatoms. The average molecular weight is 235 g/mol. The van der Waals surface area contributed by atoms with E-state index in [9.17, 15) is 4.79 Å². The quantitative estimate of drug-likeness (QED) is 0.455. The first-order chi connectivity index (χ1) is 8.24. The Labute approximate surface area is 101 Å². The van der Waals surface area contributed by atoms with E-state index in [1.54, 1.807) is 26.2 Å². The van der Waals surface area contributed by atoms with Crippen molar-refractivity contribution in [2.75, 3.05) is 13.7 Å². The number of nitrogens with zero attached hydrogens (tertiary/aromatic N) is 3. The number of carbonyl (C=O) groups is 1. The van der Waals surface area contributed by atoms with E-state index in [1.807, 2.05) is 19.1 Å². The molecule has 0 radical (unpaired) electrons. The average Bonchev–Trinajstić information content (AvgIpc) is 2.80. The van der Waals surface area contributed by atoms with Gasteiger partial charge in [0.2, 0.25) is 0 Å². The largest absolute Gasteiger partial charge is 0.461 e. The maximum atomic E-state index is 11.7. The third kappa shape index (κ3) is 3.27. The normalized spacial score (nSPS) is 12.1. The molecule has 1 rings (SSSR count). The van der Waals surface area contributed by atoms with Gasteiger partial charge < -0.3 is 4.74 Å². The van der Waals surface area contributed by atoms with Crippen molar-refractivity contribution in [3.8, 4) is 0 Å². The van der Waals surface area contributed by atoms with Crippen LogP contribution in [-0.4, -0.2) is 35.2 Å². The summed E-state index contributed by atoms with van der Waals surface area (Å²) in [5.41, 5.74) is 0.383. The lowest BCUT2D eigenvalue weighted by Crippen LogP contribution is -2.19. The number of rotatable bonds is 4. The molecule has 92 valence electrons. The fourth-order valence-electron chi connectivity index (χ4n) is 1.31. The highest BCUT2D eigenvalue weighted by atomic mass is 16.5. The molecule has 17 heavy (non-hydrogen) atoms. The minimum Gasteiger partial charge on any atom is -0.461 e. The minimum atomic E-state index is -0.393. The third-order valence-electron chi connectivity index (χ3n) is 2.08. The van der Waals surface area contributed by atoms with Crippen LogP contribution in [0.4, 0.5) is 0 Å². The summed E-state index contributed by atoms with van der Waals surface area (Å²) in [6.45, 7) is 4.14. The zero-order valence-corrected chi connectivity index (χ0v) is 10.4. The van der Waals surface area contributed by atoms with Crippen LogP contribution in [0.1, 0.15) is 30.8 Å². The molecule has 0 amide bonds. The number of ether oxygens (including phenoxy) is 1. The highest BCUT2D eigenvalue weighted by Crippen LogP contribution is 2.03. The summed E-state index contributed by atoms with van der Waals surface area (Å²) < 4.78 is 6.42. The van der Waals surface area contributed by atoms with E-state index in [0.29, 0.717) is 18.1 Å². The molecular formula is C12H17N3O2. The molecule has 0 saturated carbocycles. The first kappa shape index (κ1) is 13.2. The molecular weight excluding hydrogens is 218 g/mol. The zero-order valence-electron chi connectivity index (χ0n) is 10.4. The second-order valence-corrected chi connectivity index (χ2v) is 3.24. The van der Waals surface area contributed by atoms with E-state index in [0.717, 1.165) is 6.42 Å². The number of aliphatic imine (C=N–C) groups is 1. The Kier molecular flexibility index (Phi) is 5.13. The number of allylic oxidation sites excluding steroid dienone is 2. The molecule has 0 aromatic carbocycles. The van der Waals surface area contributed by atoms with E-state index in [2.05, 4.69) is 10.1 Å². The monoisotopic (exact) mass is 235 g/mol. The molecule has 1 aromatic heterocycles. The van der Waals surface area contributed by atoms with Gasteiger partial charge in [0.15, 0.2) is 5.69 Å². The van der Waals surface area contributed by atoms with Gasteiger partial charge in [-0.05, 0) is 25.5 Å². The maximum Gasteiger partial charge on any atom is 0.357 e. The fourth-order valence-corrected chi connectivity index (χ4v) is 1.31. The predicted molar refractivity (Wildman–Crippen MR) is 66.4 cm³/mol. The number of carbonyl (C=O) groups excluding carboxylic acids is 1. The van der Waals surface area contributed by atoms with Gasteiger partial charge in [-0.3, -0.25) is 4.99 Å².